The molecule has 0 aromatic heterocycles. The zero-order valence-corrected chi connectivity index (χ0v) is 13.4. The van der Waals surface area contributed by atoms with Gasteiger partial charge in [-0.25, -0.2) is 0 Å². The summed E-state index contributed by atoms with van der Waals surface area (Å²) in [6.45, 7) is -0.288. The smallest absolute Gasteiger partial charge is 0.294 e. The first-order valence-corrected chi connectivity index (χ1v) is 8.08. The van der Waals surface area contributed by atoms with E-state index in [2.05, 4.69) is 5.32 Å². The first-order valence-electron chi connectivity index (χ1n) is 7.26. The lowest BCUT2D eigenvalue weighted by Gasteiger charge is -2.12. The van der Waals surface area contributed by atoms with Crippen LogP contribution in [-0.2, 0) is 9.59 Å². The summed E-state index contributed by atoms with van der Waals surface area (Å²) >= 11 is 0.903. The average Bonchev–Trinajstić information content (AvgIpc) is 3.31. The molecule has 1 aliphatic carbocycles. The molecule has 3 rings (SSSR count). The van der Waals surface area contributed by atoms with Gasteiger partial charge in [0.2, 0.25) is 5.91 Å². The largest absolute Gasteiger partial charge is 0.497 e. The Morgan fingerprint density at radius 3 is 2.91 bits per heavy atom. The van der Waals surface area contributed by atoms with E-state index in [0.717, 1.165) is 29.5 Å². The van der Waals surface area contributed by atoms with Gasteiger partial charge in [0.1, 0.15) is 12.3 Å². The summed E-state index contributed by atoms with van der Waals surface area (Å²) in [5.41, 5.74) is 0.551. The molecule has 1 N–H and O–H groups in total. The predicted molar refractivity (Wildman–Crippen MR) is 87.1 cm³/mol. The molecule has 3 amide bonds. The number of allylic oxidation sites excluding steroid dienone is 1. The van der Waals surface area contributed by atoms with Crippen molar-refractivity contribution < 1.29 is 19.1 Å². The van der Waals surface area contributed by atoms with E-state index >= 15 is 0 Å². The van der Waals surface area contributed by atoms with Crippen molar-refractivity contribution in [1.29, 1.82) is 0 Å². The minimum atomic E-state index is -0.423. The number of hydrogen-bond donors (Lipinski definition) is 1. The van der Waals surface area contributed by atoms with Gasteiger partial charge in [-0.3, -0.25) is 19.3 Å². The average molecular weight is 332 g/mol. The SMILES string of the molecule is COc1cccc(NC(=O)CN2C(=O)SC(=CC3CC3)C2=O)c1. The van der Waals surface area contributed by atoms with Crippen LogP contribution in [0.2, 0.25) is 0 Å². The number of ether oxygens (including phenoxy) is 1. The minimum absolute atomic E-state index is 0.288. The molecule has 1 aliphatic heterocycles. The first-order chi connectivity index (χ1) is 11.1. The van der Waals surface area contributed by atoms with Crippen molar-refractivity contribution >= 4 is 34.5 Å². The van der Waals surface area contributed by atoms with Crippen LogP contribution >= 0.6 is 11.8 Å². The van der Waals surface area contributed by atoms with Crippen LogP contribution in [0.1, 0.15) is 12.8 Å². The number of thioether (sulfide) groups is 1. The Morgan fingerprint density at radius 1 is 1.43 bits per heavy atom. The summed E-state index contributed by atoms with van der Waals surface area (Å²) < 4.78 is 5.08. The number of nitrogens with one attached hydrogen (secondary N) is 1. The van der Waals surface area contributed by atoms with Gasteiger partial charge in [-0.15, -0.1) is 0 Å². The maximum Gasteiger partial charge on any atom is 0.294 e. The van der Waals surface area contributed by atoms with Gasteiger partial charge in [0.05, 0.1) is 12.0 Å². The van der Waals surface area contributed by atoms with Crippen LogP contribution in [0.25, 0.3) is 0 Å². The van der Waals surface area contributed by atoms with Crippen LogP contribution in [0.15, 0.2) is 35.2 Å². The number of nitrogens with zero attached hydrogens (tertiary/aromatic N) is 1. The molecule has 0 atom stereocenters. The number of methoxy groups -OCH3 is 1. The van der Waals surface area contributed by atoms with Gasteiger partial charge in [-0.05, 0) is 42.7 Å². The summed E-state index contributed by atoms with van der Waals surface area (Å²) in [5.74, 6) is 0.210. The molecule has 2 fully saturated rings. The molecule has 6 nitrogen and oxygen atoms in total. The van der Waals surface area contributed by atoms with E-state index in [1.165, 1.54) is 7.11 Å². The molecular formula is C16H16N2O4S. The van der Waals surface area contributed by atoms with E-state index in [-0.39, 0.29) is 12.5 Å². The highest BCUT2D eigenvalue weighted by molar-refractivity contribution is 8.18. The van der Waals surface area contributed by atoms with Crippen molar-refractivity contribution in [1.82, 2.24) is 4.90 Å². The molecule has 0 radical (unpaired) electrons. The van der Waals surface area contributed by atoms with Crippen molar-refractivity contribution in [3.8, 4) is 5.75 Å². The second kappa shape index (κ2) is 6.45. The summed E-state index contributed by atoms with van der Waals surface area (Å²) in [6, 6.07) is 6.88. The molecule has 0 spiro atoms. The molecule has 23 heavy (non-hydrogen) atoms. The van der Waals surface area contributed by atoms with Crippen LogP contribution < -0.4 is 10.1 Å². The van der Waals surface area contributed by atoms with Crippen LogP contribution in [0.3, 0.4) is 0 Å². The molecule has 2 aliphatic rings. The highest BCUT2D eigenvalue weighted by Crippen LogP contribution is 2.37. The van der Waals surface area contributed by atoms with Crippen LogP contribution in [0, 0.1) is 5.92 Å². The molecule has 0 unspecified atom stereocenters. The monoisotopic (exact) mass is 332 g/mol. The number of rotatable bonds is 5. The second-order valence-corrected chi connectivity index (χ2v) is 6.40. The Bertz CT molecular complexity index is 697. The Labute approximate surface area is 137 Å². The number of carbonyl (C=O) groups excluding carboxylic acids is 3. The molecule has 1 saturated heterocycles. The van der Waals surface area contributed by atoms with Crippen LogP contribution in [0.4, 0.5) is 10.5 Å². The fraction of sp³-hybridized carbons (Fsp3) is 0.312. The Hall–Kier alpha value is -2.28. The lowest BCUT2D eigenvalue weighted by atomic mass is 10.3. The van der Waals surface area contributed by atoms with Gasteiger partial charge in [-0.2, -0.15) is 0 Å². The summed E-state index contributed by atoms with van der Waals surface area (Å²) in [6.07, 6.45) is 3.95. The molecule has 120 valence electrons. The Balaban J connectivity index is 1.63. The number of benzene rings is 1. The molecule has 1 aromatic carbocycles. The van der Waals surface area contributed by atoms with E-state index < -0.39 is 11.1 Å². The van der Waals surface area contributed by atoms with Crippen molar-refractivity contribution in [2.24, 2.45) is 5.92 Å². The summed E-state index contributed by atoms with van der Waals surface area (Å²) in [7, 11) is 1.54. The fourth-order valence-electron chi connectivity index (χ4n) is 2.17. The van der Waals surface area contributed by atoms with Crippen LogP contribution in [0.5, 0.6) is 5.75 Å². The lowest BCUT2D eigenvalue weighted by Crippen LogP contribution is -2.36. The first kappa shape index (κ1) is 15.6. The van der Waals surface area contributed by atoms with Gasteiger partial charge in [0.15, 0.2) is 0 Å². The predicted octanol–water partition coefficient (Wildman–Crippen LogP) is 2.62. The minimum Gasteiger partial charge on any atom is -0.497 e. The van der Waals surface area contributed by atoms with E-state index in [1.54, 1.807) is 24.3 Å². The molecule has 1 heterocycles. The van der Waals surface area contributed by atoms with E-state index in [1.807, 2.05) is 6.08 Å². The zero-order chi connectivity index (χ0) is 16.4. The topological polar surface area (TPSA) is 75.7 Å². The Kier molecular flexibility index (Phi) is 4.38. The van der Waals surface area contributed by atoms with E-state index in [0.29, 0.717) is 22.3 Å². The van der Waals surface area contributed by atoms with Gasteiger partial charge in [0.25, 0.3) is 11.1 Å². The van der Waals surface area contributed by atoms with Crippen molar-refractivity contribution in [3.05, 3.63) is 35.2 Å². The fourth-order valence-corrected chi connectivity index (χ4v) is 3.08. The quantitative estimate of drug-likeness (QED) is 0.839. The molecule has 0 bridgehead atoms. The van der Waals surface area contributed by atoms with Gasteiger partial charge in [0, 0.05) is 11.8 Å². The van der Waals surface area contributed by atoms with Crippen molar-refractivity contribution in [2.45, 2.75) is 12.8 Å². The highest BCUT2D eigenvalue weighted by atomic mass is 32.2. The Morgan fingerprint density at radius 2 is 2.22 bits per heavy atom. The van der Waals surface area contributed by atoms with Crippen molar-refractivity contribution in [2.75, 3.05) is 19.0 Å². The maximum atomic E-state index is 12.2. The van der Waals surface area contributed by atoms with Crippen molar-refractivity contribution in [3.63, 3.8) is 0 Å². The molecule has 1 saturated carbocycles. The summed E-state index contributed by atoms with van der Waals surface area (Å²) in [5, 5.41) is 2.26. The lowest BCUT2D eigenvalue weighted by molar-refractivity contribution is -0.127. The van der Waals surface area contributed by atoms with E-state index in [9.17, 15) is 14.4 Å². The standard InChI is InChI=1S/C16H16N2O4S/c1-22-12-4-2-3-11(8-12)17-14(19)9-18-15(20)13(23-16(18)21)7-10-5-6-10/h2-4,7-8,10H,5-6,9H2,1H3,(H,17,19). The number of anilines is 1. The number of amides is 3. The number of carbonyl (C=O) groups is 3. The second-order valence-electron chi connectivity index (χ2n) is 5.41. The van der Waals surface area contributed by atoms with Crippen LogP contribution in [-0.4, -0.2) is 35.6 Å². The molecule has 7 heteroatoms. The molecule has 1 aromatic rings. The zero-order valence-electron chi connectivity index (χ0n) is 12.6. The van der Waals surface area contributed by atoms with Gasteiger partial charge < -0.3 is 10.1 Å². The van der Waals surface area contributed by atoms with Gasteiger partial charge in [-0.1, -0.05) is 12.1 Å². The van der Waals surface area contributed by atoms with Gasteiger partial charge >= 0.3 is 0 Å². The third-order valence-electron chi connectivity index (χ3n) is 3.54. The maximum absolute atomic E-state index is 12.2. The number of hydrogen-bond acceptors (Lipinski definition) is 5. The molecular weight excluding hydrogens is 316 g/mol. The van der Waals surface area contributed by atoms with E-state index in [4.69, 9.17) is 4.74 Å². The normalized spacial score (nSPS) is 19.3. The summed E-state index contributed by atoms with van der Waals surface area (Å²) in [4.78, 5) is 37.6. The number of imide groups is 1. The highest BCUT2D eigenvalue weighted by Gasteiger charge is 2.37. The third kappa shape index (κ3) is 3.73. The third-order valence-corrected chi connectivity index (χ3v) is 4.46.